The van der Waals surface area contributed by atoms with Crippen LogP contribution in [0.2, 0.25) is 0 Å². The third-order valence-corrected chi connectivity index (χ3v) is 5.33. The van der Waals surface area contributed by atoms with Gasteiger partial charge in [0.05, 0.1) is 19.2 Å². The maximum Gasteiger partial charge on any atom is 0.322 e. The third-order valence-electron chi connectivity index (χ3n) is 5.33. The number of nitrogens with zero attached hydrogens (tertiary/aromatic N) is 2. The van der Waals surface area contributed by atoms with Crippen molar-refractivity contribution in [2.24, 2.45) is 0 Å². The monoisotopic (exact) mass is 422 g/mol. The van der Waals surface area contributed by atoms with E-state index in [9.17, 15) is 9.59 Å². The first kappa shape index (κ1) is 22.4. The summed E-state index contributed by atoms with van der Waals surface area (Å²) in [5, 5.41) is 3.91. The molecule has 7 heteroatoms. The van der Waals surface area contributed by atoms with Gasteiger partial charge in [0.2, 0.25) is 0 Å². The van der Waals surface area contributed by atoms with Gasteiger partial charge in [-0.25, -0.2) is 4.79 Å². The molecule has 0 unspecified atom stereocenters. The van der Waals surface area contributed by atoms with Crippen LogP contribution in [0.5, 0.6) is 5.75 Å². The number of likely N-dealkylation sites (N-methyl/N-ethyl adjacent to an activating group) is 1. The predicted octanol–water partition coefficient (Wildman–Crippen LogP) is 3.75. The highest BCUT2D eigenvalue weighted by Crippen LogP contribution is 2.21. The lowest BCUT2D eigenvalue weighted by Gasteiger charge is -2.25. The minimum Gasteiger partial charge on any atom is -0.497 e. The normalized spacial score (nSPS) is 11.0. The Hall–Kier alpha value is -3.32. The highest BCUT2D eigenvalue weighted by molar-refractivity contribution is 5.89. The smallest absolute Gasteiger partial charge is 0.322 e. The van der Waals surface area contributed by atoms with E-state index < -0.39 is 0 Å². The predicted molar refractivity (Wildman–Crippen MR) is 125 cm³/mol. The minimum atomic E-state index is -0.257. The topological polar surface area (TPSA) is 77.7 Å². The Bertz CT molecular complexity index is 1120. The summed E-state index contributed by atoms with van der Waals surface area (Å²) in [5.41, 5.74) is 4.00. The number of carbonyl (C=O) groups is 1. The van der Waals surface area contributed by atoms with Crippen LogP contribution >= 0.6 is 0 Å². The Kier molecular flexibility index (Phi) is 6.97. The van der Waals surface area contributed by atoms with Crippen molar-refractivity contribution >= 4 is 22.6 Å². The molecular weight excluding hydrogens is 392 g/mol. The van der Waals surface area contributed by atoms with Gasteiger partial charge in [-0.2, -0.15) is 0 Å². The SMILES string of the molecule is COc1ccc(NC(=O)N(CCN(C)C)Cc2cc3c(C)ccc(C)c3[nH]c2=O)cc1. The molecule has 0 saturated carbocycles. The number of benzene rings is 2. The number of hydrogen-bond acceptors (Lipinski definition) is 4. The summed E-state index contributed by atoms with van der Waals surface area (Å²) in [7, 11) is 5.50. The van der Waals surface area contributed by atoms with Crippen LogP contribution in [-0.2, 0) is 6.54 Å². The number of anilines is 1. The Morgan fingerprint density at radius 2 is 1.71 bits per heavy atom. The Balaban J connectivity index is 1.88. The number of aromatic nitrogens is 1. The van der Waals surface area contributed by atoms with Crippen molar-refractivity contribution in [1.29, 1.82) is 0 Å². The van der Waals surface area contributed by atoms with Gasteiger partial charge in [-0.05, 0) is 69.4 Å². The average Bonchev–Trinajstić information content (AvgIpc) is 2.74. The summed E-state index contributed by atoms with van der Waals surface area (Å²) in [6.45, 7) is 5.38. The standard InChI is InChI=1S/C24H30N4O3/c1-16-6-7-17(2)22-21(16)14-18(23(29)26-22)15-28(13-12-27(3)4)24(30)25-19-8-10-20(31-5)11-9-19/h6-11,14H,12-13,15H2,1-5H3,(H,25,30)(H,26,29). The number of fused-ring (bicyclic) bond motifs is 1. The molecule has 0 fully saturated rings. The number of urea groups is 1. The summed E-state index contributed by atoms with van der Waals surface area (Å²) in [6, 6.07) is 12.8. The van der Waals surface area contributed by atoms with Gasteiger partial charge in [0.1, 0.15) is 5.75 Å². The van der Waals surface area contributed by atoms with Gasteiger partial charge in [0, 0.05) is 29.7 Å². The number of H-pyrrole nitrogens is 1. The van der Waals surface area contributed by atoms with Crippen molar-refractivity contribution in [3.05, 3.63) is 69.5 Å². The zero-order valence-electron chi connectivity index (χ0n) is 18.8. The number of rotatable bonds is 7. The molecule has 2 N–H and O–H groups in total. The highest BCUT2D eigenvalue weighted by Gasteiger charge is 2.17. The number of ether oxygens (including phenoxy) is 1. The number of methoxy groups -OCH3 is 1. The van der Waals surface area contributed by atoms with Crippen LogP contribution in [-0.4, -0.2) is 55.1 Å². The van der Waals surface area contributed by atoms with Crippen molar-refractivity contribution in [2.75, 3.05) is 39.6 Å². The van der Waals surface area contributed by atoms with Gasteiger partial charge in [-0.15, -0.1) is 0 Å². The molecule has 164 valence electrons. The number of pyridine rings is 1. The number of carbonyl (C=O) groups excluding carboxylic acids is 1. The molecule has 0 spiro atoms. The van der Waals surface area contributed by atoms with Crippen LogP contribution in [0.4, 0.5) is 10.5 Å². The molecule has 31 heavy (non-hydrogen) atoms. The molecule has 0 bridgehead atoms. The van der Waals surface area contributed by atoms with E-state index in [4.69, 9.17) is 4.74 Å². The van der Waals surface area contributed by atoms with E-state index in [1.54, 1.807) is 36.3 Å². The molecular formula is C24H30N4O3. The molecule has 2 amide bonds. The average molecular weight is 423 g/mol. The van der Waals surface area contributed by atoms with Crippen molar-refractivity contribution in [2.45, 2.75) is 20.4 Å². The highest BCUT2D eigenvalue weighted by atomic mass is 16.5. The van der Waals surface area contributed by atoms with Gasteiger partial charge in [-0.1, -0.05) is 12.1 Å². The van der Waals surface area contributed by atoms with Gasteiger partial charge in [0.25, 0.3) is 5.56 Å². The van der Waals surface area contributed by atoms with Crippen molar-refractivity contribution in [3.8, 4) is 5.75 Å². The first-order valence-corrected chi connectivity index (χ1v) is 10.3. The molecule has 7 nitrogen and oxygen atoms in total. The molecule has 3 rings (SSSR count). The van der Waals surface area contributed by atoms with E-state index in [0.29, 0.717) is 24.3 Å². The molecule has 0 aliphatic carbocycles. The molecule has 0 aliphatic heterocycles. The molecule has 0 radical (unpaired) electrons. The summed E-state index contributed by atoms with van der Waals surface area (Å²) in [6.07, 6.45) is 0. The first-order valence-electron chi connectivity index (χ1n) is 10.3. The summed E-state index contributed by atoms with van der Waals surface area (Å²) >= 11 is 0. The summed E-state index contributed by atoms with van der Waals surface area (Å²) < 4.78 is 5.16. The molecule has 0 atom stereocenters. The van der Waals surface area contributed by atoms with Crippen LogP contribution in [0.3, 0.4) is 0 Å². The minimum absolute atomic E-state index is 0.173. The lowest BCUT2D eigenvalue weighted by molar-refractivity contribution is 0.202. The molecule has 0 saturated heterocycles. The number of amides is 2. The number of aromatic amines is 1. The van der Waals surface area contributed by atoms with E-state index in [2.05, 4.69) is 10.3 Å². The second-order valence-corrected chi connectivity index (χ2v) is 8.00. The van der Waals surface area contributed by atoms with Crippen LogP contribution in [0, 0.1) is 13.8 Å². The van der Waals surface area contributed by atoms with Crippen molar-refractivity contribution in [3.63, 3.8) is 0 Å². The Morgan fingerprint density at radius 3 is 2.35 bits per heavy atom. The van der Waals surface area contributed by atoms with Gasteiger partial charge in [-0.3, -0.25) is 4.79 Å². The van der Waals surface area contributed by atoms with Gasteiger partial charge >= 0.3 is 6.03 Å². The quantitative estimate of drug-likeness (QED) is 0.608. The fraction of sp³-hybridized carbons (Fsp3) is 0.333. The lowest BCUT2D eigenvalue weighted by atomic mass is 10.0. The number of nitrogens with one attached hydrogen (secondary N) is 2. The molecule has 1 aromatic heterocycles. The zero-order chi connectivity index (χ0) is 22.5. The molecule has 3 aromatic rings. The molecule has 2 aromatic carbocycles. The van der Waals surface area contributed by atoms with E-state index in [-0.39, 0.29) is 18.1 Å². The van der Waals surface area contributed by atoms with Crippen LogP contribution in [0.15, 0.2) is 47.3 Å². The fourth-order valence-corrected chi connectivity index (χ4v) is 3.39. The van der Waals surface area contributed by atoms with Crippen LogP contribution in [0.25, 0.3) is 10.9 Å². The maximum atomic E-state index is 13.0. The Labute approximate surface area is 182 Å². The van der Waals surface area contributed by atoms with Crippen molar-refractivity contribution < 1.29 is 9.53 Å². The molecule has 0 aliphatic rings. The second-order valence-electron chi connectivity index (χ2n) is 8.00. The van der Waals surface area contributed by atoms with Gasteiger partial charge in [0.15, 0.2) is 0 Å². The number of hydrogen-bond donors (Lipinski definition) is 2. The first-order chi connectivity index (χ1) is 14.8. The number of aryl methyl sites for hydroxylation is 2. The van der Waals surface area contributed by atoms with Crippen molar-refractivity contribution in [1.82, 2.24) is 14.8 Å². The van der Waals surface area contributed by atoms with E-state index in [1.165, 1.54) is 0 Å². The second kappa shape index (κ2) is 9.66. The Morgan fingerprint density at radius 1 is 1.03 bits per heavy atom. The van der Waals surface area contributed by atoms with E-state index in [0.717, 1.165) is 27.8 Å². The lowest BCUT2D eigenvalue weighted by Crippen LogP contribution is -2.40. The van der Waals surface area contributed by atoms with Crippen LogP contribution in [0.1, 0.15) is 16.7 Å². The third kappa shape index (κ3) is 5.44. The zero-order valence-corrected chi connectivity index (χ0v) is 18.8. The molecule has 1 heterocycles. The van der Waals surface area contributed by atoms with Crippen LogP contribution < -0.4 is 15.6 Å². The summed E-state index contributed by atoms with van der Waals surface area (Å²) in [4.78, 5) is 32.5. The van der Waals surface area contributed by atoms with E-state index >= 15 is 0 Å². The maximum absolute atomic E-state index is 13.0. The summed E-state index contributed by atoms with van der Waals surface area (Å²) in [5.74, 6) is 0.718. The van der Waals surface area contributed by atoms with E-state index in [1.807, 2.05) is 51.0 Å². The largest absolute Gasteiger partial charge is 0.497 e. The van der Waals surface area contributed by atoms with Gasteiger partial charge < -0.3 is 24.8 Å². The fourth-order valence-electron chi connectivity index (χ4n) is 3.39.